The van der Waals surface area contributed by atoms with E-state index >= 15 is 0 Å². The standard InChI is InChI=1S/C25H23N3O4S2/c1-18-6-8-19(9-7-18)24(29)28(25-26-22-4-2-3-5-23(22)33-25)20-10-12-21(13-11-20)34(30,31)27-14-16-32-17-15-27/h2-13H,14-17H2,1H3. The van der Waals surface area contributed by atoms with Gasteiger partial charge in [0.1, 0.15) is 0 Å². The number of benzene rings is 3. The molecule has 1 aliphatic rings. The van der Waals surface area contributed by atoms with Gasteiger partial charge in [0.05, 0.1) is 34.0 Å². The molecular weight excluding hydrogens is 470 g/mol. The van der Waals surface area contributed by atoms with Gasteiger partial charge < -0.3 is 4.74 Å². The first-order valence-corrected chi connectivity index (χ1v) is 13.1. The molecule has 0 unspecified atom stereocenters. The number of aryl methyl sites for hydroxylation is 1. The summed E-state index contributed by atoms with van der Waals surface area (Å²) in [5.74, 6) is -0.233. The number of carbonyl (C=O) groups excluding carboxylic acids is 1. The fourth-order valence-corrected chi connectivity index (χ4v) is 6.19. The van der Waals surface area contributed by atoms with Gasteiger partial charge in [0.25, 0.3) is 5.91 Å². The number of hydrogen-bond donors (Lipinski definition) is 0. The topological polar surface area (TPSA) is 79.8 Å². The Balaban J connectivity index is 1.54. The van der Waals surface area contributed by atoms with Crippen LogP contribution >= 0.6 is 11.3 Å². The minimum Gasteiger partial charge on any atom is -0.379 e. The maximum atomic E-state index is 13.6. The molecule has 0 saturated carbocycles. The number of aromatic nitrogens is 1. The number of anilines is 2. The van der Waals surface area contributed by atoms with Crippen LogP contribution in [-0.2, 0) is 14.8 Å². The van der Waals surface area contributed by atoms with E-state index in [2.05, 4.69) is 4.98 Å². The number of hydrogen-bond acceptors (Lipinski definition) is 6. The normalized spacial score (nSPS) is 14.9. The van der Waals surface area contributed by atoms with Crippen molar-refractivity contribution in [3.8, 4) is 0 Å². The molecule has 1 fully saturated rings. The van der Waals surface area contributed by atoms with Crippen LogP contribution in [0, 0.1) is 6.92 Å². The van der Waals surface area contributed by atoms with E-state index in [1.165, 1.54) is 15.6 Å². The molecule has 3 aromatic carbocycles. The van der Waals surface area contributed by atoms with Gasteiger partial charge in [-0.1, -0.05) is 41.2 Å². The molecule has 0 N–H and O–H groups in total. The number of thiazole rings is 1. The SMILES string of the molecule is Cc1ccc(C(=O)N(c2ccc(S(=O)(=O)N3CCOCC3)cc2)c2nc3ccccc3s2)cc1. The number of ether oxygens (including phenoxy) is 1. The Bertz CT molecular complexity index is 1390. The van der Waals surface area contributed by atoms with E-state index in [9.17, 15) is 13.2 Å². The number of carbonyl (C=O) groups is 1. The minimum atomic E-state index is -3.63. The highest BCUT2D eigenvalue weighted by Crippen LogP contribution is 2.35. The third kappa shape index (κ3) is 4.35. The van der Waals surface area contributed by atoms with Gasteiger partial charge in [0.2, 0.25) is 10.0 Å². The highest BCUT2D eigenvalue weighted by atomic mass is 32.2. The van der Waals surface area contributed by atoms with E-state index in [1.54, 1.807) is 41.3 Å². The molecular formula is C25H23N3O4S2. The Morgan fingerprint density at radius 2 is 1.65 bits per heavy atom. The molecule has 174 valence electrons. The van der Waals surface area contributed by atoms with Crippen LogP contribution < -0.4 is 4.90 Å². The lowest BCUT2D eigenvalue weighted by molar-refractivity contribution is 0.0730. The van der Waals surface area contributed by atoms with Crippen molar-refractivity contribution >= 4 is 48.3 Å². The zero-order valence-electron chi connectivity index (χ0n) is 18.5. The molecule has 7 nitrogen and oxygen atoms in total. The zero-order valence-corrected chi connectivity index (χ0v) is 20.2. The summed E-state index contributed by atoms with van der Waals surface area (Å²) in [5.41, 5.74) is 2.93. The van der Waals surface area contributed by atoms with Crippen LogP contribution in [0.2, 0.25) is 0 Å². The number of rotatable bonds is 5. The van der Waals surface area contributed by atoms with Gasteiger partial charge in [-0.15, -0.1) is 0 Å². The van der Waals surface area contributed by atoms with E-state index in [1.807, 2.05) is 43.3 Å². The van der Waals surface area contributed by atoms with E-state index in [0.717, 1.165) is 15.8 Å². The van der Waals surface area contributed by atoms with Crippen molar-refractivity contribution < 1.29 is 17.9 Å². The number of fused-ring (bicyclic) bond motifs is 1. The quantitative estimate of drug-likeness (QED) is 0.406. The highest BCUT2D eigenvalue weighted by Gasteiger charge is 2.28. The Morgan fingerprint density at radius 1 is 0.971 bits per heavy atom. The molecule has 0 radical (unpaired) electrons. The molecule has 4 aromatic rings. The Labute approximate surface area is 202 Å². The summed E-state index contributed by atoms with van der Waals surface area (Å²) in [6.07, 6.45) is 0. The lowest BCUT2D eigenvalue weighted by atomic mass is 10.1. The number of sulfonamides is 1. The summed E-state index contributed by atoms with van der Waals surface area (Å²) in [6, 6.07) is 21.5. The number of amides is 1. The Morgan fingerprint density at radius 3 is 2.32 bits per heavy atom. The van der Waals surface area contributed by atoms with Gasteiger partial charge in [-0.2, -0.15) is 4.31 Å². The van der Waals surface area contributed by atoms with E-state index in [4.69, 9.17) is 4.74 Å². The molecule has 0 atom stereocenters. The molecule has 0 bridgehead atoms. The fraction of sp³-hybridized carbons (Fsp3) is 0.200. The largest absolute Gasteiger partial charge is 0.379 e. The van der Waals surface area contributed by atoms with Crippen LogP contribution in [0.5, 0.6) is 0 Å². The Hall–Kier alpha value is -3.11. The molecule has 1 aliphatic heterocycles. The smallest absolute Gasteiger partial charge is 0.264 e. The maximum Gasteiger partial charge on any atom is 0.264 e. The number of para-hydroxylation sites is 1. The fourth-order valence-electron chi connectivity index (χ4n) is 3.80. The third-order valence-electron chi connectivity index (χ3n) is 5.68. The average molecular weight is 494 g/mol. The number of nitrogens with zero attached hydrogens (tertiary/aromatic N) is 3. The van der Waals surface area contributed by atoms with Crippen molar-refractivity contribution in [1.29, 1.82) is 0 Å². The predicted molar refractivity (Wildman–Crippen MR) is 133 cm³/mol. The van der Waals surface area contributed by atoms with Gasteiger partial charge in [-0.05, 0) is 55.5 Å². The molecule has 1 saturated heterocycles. The first-order chi connectivity index (χ1) is 16.4. The first kappa shape index (κ1) is 22.7. The van der Waals surface area contributed by atoms with E-state index in [-0.39, 0.29) is 10.8 Å². The summed E-state index contributed by atoms with van der Waals surface area (Å²) in [4.78, 5) is 20.0. The third-order valence-corrected chi connectivity index (χ3v) is 8.61. The number of morpholine rings is 1. The van der Waals surface area contributed by atoms with Crippen LogP contribution in [0.3, 0.4) is 0 Å². The van der Waals surface area contributed by atoms with E-state index in [0.29, 0.717) is 42.7 Å². The van der Waals surface area contributed by atoms with Crippen molar-refractivity contribution in [2.75, 3.05) is 31.2 Å². The van der Waals surface area contributed by atoms with Crippen molar-refractivity contribution in [2.45, 2.75) is 11.8 Å². The lowest BCUT2D eigenvalue weighted by Gasteiger charge is -2.26. The lowest BCUT2D eigenvalue weighted by Crippen LogP contribution is -2.40. The molecule has 1 amide bonds. The van der Waals surface area contributed by atoms with Gasteiger partial charge in [0.15, 0.2) is 5.13 Å². The average Bonchev–Trinajstić information content (AvgIpc) is 3.29. The summed E-state index contributed by atoms with van der Waals surface area (Å²) < 4.78 is 33.7. The minimum absolute atomic E-state index is 0.185. The van der Waals surface area contributed by atoms with Crippen molar-refractivity contribution in [1.82, 2.24) is 9.29 Å². The summed E-state index contributed by atoms with van der Waals surface area (Å²) in [5, 5.41) is 0.524. The zero-order chi connectivity index (χ0) is 23.7. The van der Waals surface area contributed by atoms with Gasteiger partial charge in [-0.3, -0.25) is 9.69 Å². The molecule has 5 rings (SSSR count). The molecule has 2 heterocycles. The van der Waals surface area contributed by atoms with Crippen LogP contribution in [0.4, 0.5) is 10.8 Å². The second kappa shape index (κ2) is 9.27. The van der Waals surface area contributed by atoms with E-state index < -0.39 is 10.0 Å². The second-order valence-electron chi connectivity index (χ2n) is 7.98. The van der Waals surface area contributed by atoms with Crippen molar-refractivity contribution in [3.63, 3.8) is 0 Å². The second-order valence-corrected chi connectivity index (χ2v) is 10.9. The summed E-state index contributed by atoms with van der Waals surface area (Å²) >= 11 is 1.41. The van der Waals surface area contributed by atoms with Crippen molar-refractivity contribution in [3.05, 3.63) is 83.9 Å². The monoisotopic (exact) mass is 493 g/mol. The van der Waals surface area contributed by atoms with Crippen LogP contribution in [0.1, 0.15) is 15.9 Å². The van der Waals surface area contributed by atoms with Crippen molar-refractivity contribution in [2.24, 2.45) is 0 Å². The molecule has 9 heteroatoms. The highest BCUT2D eigenvalue weighted by molar-refractivity contribution is 7.89. The van der Waals surface area contributed by atoms with Crippen LogP contribution in [0.15, 0.2) is 77.7 Å². The molecule has 1 aromatic heterocycles. The first-order valence-electron chi connectivity index (χ1n) is 10.9. The van der Waals surface area contributed by atoms with Gasteiger partial charge >= 0.3 is 0 Å². The van der Waals surface area contributed by atoms with Crippen LogP contribution in [0.25, 0.3) is 10.2 Å². The predicted octanol–water partition coefficient (Wildman–Crippen LogP) is 4.60. The van der Waals surface area contributed by atoms with Crippen LogP contribution in [-0.4, -0.2) is 49.9 Å². The summed E-state index contributed by atoms with van der Waals surface area (Å²) in [7, 11) is -3.63. The molecule has 0 aliphatic carbocycles. The molecule has 34 heavy (non-hydrogen) atoms. The maximum absolute atomic E-state index is 13.6. The Kier molecular flexibility index (Phi) is 6.18. The van der Waals surface area contributed by atoms with Gasteiger partial charge in [0, 0.05) is 18.7 Å². The summed E-state index contributed by atoms with van der Waals surface area (Å²) in [6.45, 7) is 3.39. The van der Waals surface area contributed by atoms with Gasteiger partial charge in [-0.25, -0.2) is 13.4 Å². The molecule has 0 spiro atoms.